The predicted molar refractivity (Wildman–Crippen MR) is 109 cm³/mol. The van der Waals surface area contributed by atoms with Gasteiger partial charge in [-0.25, -0.2) is 0 Å². The molecular formula is C23H24N2O2. The normalized spacial score (nSPS) is 15.6. The summed E-state index contributed by atoms with van der Waals surface area (Å²) in [5.41, 5.74) is 1.21. The summed E-state index contributed by atoms with van der Waals surface area (Å²) in [7, 11) is 0. The van der Waals surface area contributed by atoms with Crippen LogP contribution in [0.3, 0.4) is 0 Å². The molecule has 4 nitrogen and oxygen atoms in total. The zero-order chi connectivity index (χ0) is 18.6. The molecule has 4 heteroatoms. The van der Waals surface area contributed by atoms with Crippen LogP contribution in [0.4, 0.5) is 5.69 Å². The molecule has 0 aromatic heterocycles. The third-order valence-corrected chi connectivity index (χ3v) is 5.11. The first-order valence-electron chi connectivity index (χ1n) is 9.45. The van der Waals surface area contributed by atoms with Crippen molar-refractivity contribution in [2.45, 2.75) is 13.0 Å². The van der Waals surface area contributed by atoms with Gasteiger partial charge in [-0.3, -0.25) is 4.79 Å². The lowest BCUT2D eigenvalue weighted by Crippen LogP contribution is -2.52. The highest BCUT2D eigenvalue weighted by atomic mass is 16.5. The van der Waals surface area contributed by atoms with Crippen LogP contribution in [-0.2, 0) is 4.79 Å². The molecule has 0 spiro atoms. The minimum atomic E-state index is -0.501. The molecule has 0 N–H and O–H groups in total. The predicted octanol–water partition coefficient (Wildman–Crippen LogP) is 3.96. The van der Waals surface area contributed by atoms with Crippen LogP contribution in [0.25, 0.3) is 10.8 Å². The Labute approximate surface area is 160 Å². The molecule has 0 aliphatic carbocycles. The van der Waals surface area contributed by atoms with Crippen LogP contribution < -0.4 is 9.64 Å². The van der Waals surface area contributed by atoms with Crippen molar-refractivity contribution >= 4 is 22.4 Å². The number of benzene rings is 3. The SMILES string of the molecule is CC(Oc1cccc2ccccc12)C(=O)N1CCN(c2ccccc2)CC1. The van der Waals surface area contributed by atoms with Gasteiger partial charge >= 0.3 is 0 Å². The molecule has 1 aliphatic heterocycles. The number of ether oxygens (including phenoxy) is 1. The number of piperazine rings is 1. The smallest absolute Gasteiger partial charge is 0.263 e. The van der Waals surface area contributed by atoms with E-state index in [0.717, 1.165) is 42.7 Å². The van der Waals surface area contributed by atoms with E-state index in [1.54, 1.807) is 0 Å². The number of rotatable bonds is 4. The lowest BCUT2D eigenvalue weighted by atomic mass is 10.1. The van der Waals surface area contributed by atoms with Gasteiger partial charge in [-0.2, -0.15) is 0 Å². The Morgan fingerprint density at radius 3 is 2.30 bits per heavy atom. The van der Waals surface area contributed by atoms with Crippen molar-refractivity contribution in [3.63, 3.8) is 0 Å². The number of amides is 1. The van der Waals surface area contributed by atoms with Crippen molar-refractivity contribution < 1.29 is 9.53 Å². The van der Waals surface area contributed by atoms with E-state index < -0.39 is 6.10 Å². The Bertz CT molecular complexity index is 913. The van der Waals surface area contributed by atoms with Crippen molar-refractivity contribution in [2.24, 2.45) is 0 Å². The van der Waals surface area contributed by atoms with Crippen LogP contribution in [0, 0.1) is 0 Å². The number of nitrogens with zero attached hydrogens (tertiary/aromatic N) is 2. The van der Waals surface area contributed by atoms with E-state index in [2.05, 4.69) is 29.2 Å². The summed E-state index contributed by atoms with van der Waals surface area (Å²) < 4.78 is 6.05. The zero-order valence-corrected chi connectivity index (χ0v) is 15.5. The lowest BCUT2D eigenvalue weighted by Gasteiger charge is -2.37. The van der Waals surface area contributed by atoms with Gasteiger partial charge in [-0.1, -0.05) is 54.6 Å². The van der Waals surface area contributed by atoms with E-state index in [4.69, 9.17) is 4.74 Å². The molecule has 1 aliphatic rings. The Morgan fingerprint density at radius 2 is 1.52 bits per heavy atom. The second-order valence-corrected chi connectivity index (χ2v) is 6.89. The fourth-order valence-electron chi connectivity index (χ4n) is 3.62. The summed E-state index contributed by atoms with van der Waals surface area (Å²) >= 11 is 0. The topological polar surface area (TPSA) is 32.8 Å². The quantitative estimate of drug-likeness (QED) is 0.706. The van der Waals surface area contributed by atoms with Crippen molar-refractivity contribution in [3.8, 4) is 5.75 Å². The number of carbonyl (C=O) groups excluding carboxylic acids is 1. The molecule has 4 rings (SSSR count). The molecule has 1 fully saturated rings. The molecule has 0 saturated carbocycles. The highest BCUT2D eigenvalue weighted by Gasteiger charge is 2.26. The first-order chi connectivity index (χ1) is 13.2. The van der Waals surface area contributed by atoms with E-state index in [-0.39, 0.29) is 5.91 Å². The average Bonchev–Trinajstić information content (AvgIpc) is 2.74. The lowest BCUT2D eigenvalue weighted by molar-refractivity contribution is -0.138. The minimum absolute atomic E-state index is 0.0515. The molecule has 1 heterocycles. The molecule has 1 amide bonds. The van der Waals surface area contributed by atoms with Crippen LogP contribution in [0.5, 0.6) is 5.75 Å². The Balaban J connectivity index is 1.40. The number of carbonyl (C=O) groups is 1. The van der Waals surface area contributed by atoms with Gasteiger partial charge in [0.25, 0.3) is 5.91 Å². The molecular weight excluding hydrogens is 336 g/mol. The highest BCUT2D eigenvalue weighted by molar-refractivity contribution is 5.89. The van der Waals surface area contributed by atoms with Crippen LogP contribution >= 0.6 is 0 Å². The monoisotopic (exact) mass is 360 g/mol. The first-order valence-corrected chi connectivity index (χ1v) is 9.45. The van der Waals surface area contributed by atoms with E-state index in [1.807, 2.05) is 60.4 Å². The second-order valence-electron chi connectivity index (χ2n) is 6.89. The summed E-state index contributed by atoms with van der Waals surface area (Å²) in [6.07, 6.45) is -0.501. The maximum Gasteiger partial charge on any atom is 0.263 e. The standard InChI is InChI=1S/C23H24N2O2/c1-18(27-22-13-7-9-19-8-5-6-12-21(19)22)23(26)25-16-14-24(15-17-25)20-10-3-2-4-11-20/h2-13,18H,14-17H2,1H3. The van der Waals surface area contributed by atoms with E-state index in [0.29, 0.717) is 0 Å². The molecule has 1 atom stereocenters. The highest BCUT2D eigenvalue weighted by Crippen LogP contribution is 2.26. The van der Waals surface area contributed by atoms with Crippen molar-refractivity contribution in [1.82, 2.24) is 4.90 Å². The fraction of sp³-hybridized carbons (Fsp3) is 0.261. The fourth-order valence-corrected chi connectivity index (χ4v) is 3.62. The van der Waals surface area contributed by atoms with E-state index in [1.165, 1.54) is 5.69 Å². The zero-order valence-electron chi connectivity index (χ0n) is 15.5. The van der Waals surface area contributed by atoms with Crippen molar-refractivity contribution in [1.29, 1.82) is 0 Å². The molecule has 27 heavy (non-hydrogen) atoms. The van der Waals surface area contributed by atoms with Crippen LogP contribution in [0.1, 0.15) is 6.92 Å². The maximum absolute atomic E-state index is 12.9. The third kappa shape index (κ3) is 3.75. The number of fused-ring (bicyclic) bond motifs is 1. The summed E-state index contributed by atoms with van der Waals surface area (Å²) in [5, 5.41) is 2.15. The number of hydrogen-bond acceptors (Lipinski definition) is 3. The number of para-hydroxylation sites is 1. The van der Waals surface area contributed by atoms with Gasteiger partial charge in [0, 0.05) is 37.3 Å². The average molecular weight is 360 g/mol. The van der Waals surface area contributed by atoms with Gasteiger partial charge in [0.15, 0.2) is 6.10 Å². The summed E-state index contributed by atoms with van der Waals surface area (Å²) in [4.78, 5) is 17.1. The van der Waals surface area contributed by atoms with E-state index in [9.17, 15) is 4.79 Å². The van der Waals surface area contributed by atoms with Crippen LogP contribution in [-0.4, -0.2) is 43.1 Å². The van der Waals surface area contributed by atoms with Crippen molar-refractivity contribution in [3.05, 3.63) is 72.8 Å². The van der Waals surface area contributed by atoms with Crippen LogP contribution in [0.2, 0.25) is 0 Å². The van der Waals surface area contributed by atoms with Crippen LogP contribution in [0.15, 0.2) is 72.8 Å². The number of anilines is 1. The minimum Gasteiger partial charge on any atom is -0.480 e. The molecule has 3 aromatic carbocycles. The Kier molecular flexibility index (Phi) is 4.97. The van der Waals surface area contributed by atoms with Gasteiger partial charge in [0.05, 0.1) is 0 Å². The second kappa shape index (κ2) is 7.70. The molecule has 0 bridgehead atoms. The largest absolute Gasteiger partial charge is 0.480 e. The van der Waals surface area contributed by atoms with Gasteiger partial charge in [0.1, 0.15) is 5.75 Å². The van der Waals surface area contributed by atoms with Crippen molar-refractivity contribution in [2.75, 3.05) is 31.1 Å². The maximum atomic E-state index is 12.9. The van der Waals surface area contributed by atoms with E-state index >= 15 is 0 Å². The number of hydrogen-bond donors (Lipinski definition) is 0. The van der Waals surface area contributed by atoms with Gasteiger partial charge < -0.3 is 14.5 Å². The Hall–Kier alpha value is -3.01. The summed E-state index contributed by atoms with van der Waals surface area (Å²) in [6, 6.07) is 24.4. The molecule has 1 unspecified atom stereocenters. The molecule has 1 saturated heterocycles. The molecule has 0 radical (unpaired) electrons. The van der Waals surface area contributed by atoms with Gasteiger partial charge in [0.2, 0.25) is 0 Å². The molecule has 138 valence electrons. The van der Waals surface area contributed by atoms with Gasteiger partial charge in [-0.05, 0) is 30.5 Å². The first kappa shape index (κ1) is 17.4. The summed E-state index contributed by atoms with van der Waals surface area (Å²) in [5.74, 6) is 0.813. The van der Waals surface area contributed by atoms with Gasteiger partial charge in [-0.15, -0.1) is 0 Å². The Morgan fingerprint density at radius 1 is 0.852 bits per heavy atom. The molecule has 3 aromatic rings. The third-order valence-electron chi connectivity index (χ3n) is 5.11. The summed E-state index contributed by atoms with van der Waals surface area (Å²) in [6.45, 7) is 4.97.